The third-order valence-corrected chi connectivity index (χ3v) is 6.42. The van der Waals surface area contributed by atoms with Gasteiger partial charge in [-0.15, -0.1) is 0 Å². The van der Waals surface area contributed by atoms with Crippen molar-refractivity contribution >= 4 is 33.2 Å². The van der Waals surface area contributed by atoms with Crippen molar-refractivity contribution < 1.29 is 21.6 Å². The molecule has 0 unspecified atom stereocenters. The van der Waals surface area contributed by atoms with Gasteiger partial charge in [0.05, 0.1) is 21.5 Å². The molecule has 0 aliphatic carbocycles. The Morgan fingerprint density at radius 2 is 1.69 bits per heavy atom. The lowest BCUT2D eigenvalue weighted by Crippen LogP contribution is -2.19. The Morgan fingerprint density at radius 3 is 2.44 bits per heavy atom. The van der Waals surface area contributed by atoms with E-state index in [9.17, 15) is 21.6 Å². The monoisotopic (exact) mass is 457 g/mol. The number of hydrogen-bond acceptors (Lipinski definition) is 3. The number of H-pyrrole nitrogens is 1. The maximum absolute atomic E-state index is 13.2. The van der Waals surface area contributed by atoms with Crippen LogP contribution in [-0.4, -0.2) is 25.4 Å². The summed E-state index contributed by atoms with van der Waals surface area (Å²) in [6.07, 6.45) is -1.62. The molecule has 5 nitrogen and oxygen atoms in total. The molecule has 0 aliphatic heterocycles. The van der Waals surface area contributed by atoms with Crippen LogP contribution in [0.3, 0.4) is 0 Å². The van der Waals surface area contributed by atoms with Crippen molar-refractivity contribution in [2.75, 3.05) is 7.05 Å². The van der Waals surface area contributed by atoms with Crippen LogP contribution in [0.4, 0.5) is 13.2 Å². The first-order chi connectivity index (χ1) is 15.2. The van der Waals surface area contributed by atoms with Crippen LogP contribution in [0, 0.1) is 0 Å². The summed E-state index contributed by atoms with van der Waals surface area (Å²) in [6, 6.07) is 17.1. The molecule has 0 saturated heterocycles. The number of benzene rings is 3. The number of fused-ring (bicyclic) bond motifs is 1. The molecule has 1 aromatic heterocycles. The van der Waals surface area contributed by atoms with Gasteiger partial charge in [-0.25, -0.2) is 18.1 Å². The molecule has 164 valence electrons. The van der Waals surface area contributed by atoms with E-state index in [2.05, 4.69) is 14.7 Å². The van der Waals surface area contributed by atoms with Gasteiger partial charge in [-0.3, -0.25) is 0 Å². The predicted octanol–water partition coefficient (Wildman–Crippen LogP) is 5.33. The van der Waals surface area contributed by atoms with Crippen LogP contribution in [0.15, 0.2) is 71.6 Å². The van der Waals surface area contributed by atoms with E-state index in [-0.39, 0.29) is 10.5 Å². The maximum Gasteiger partial charge on any atom is 0.416 e. The minimum atomic E-state index is -4.45. The number of aromatic nitrogens is 2. The van der Waals surface area contributed by atoms with E-state index in [1.165, 1.54) is 43.5 Å². The van der Waals surface area contributed by atoms with Gasteiger partial charge in [0.1, 0.15) is 5.82 Å². The molecular formula is C23H18F3N3O2S. The number of imidazole rings is 1. The Kier molecular flexibility index (Phi) is 5.62. The molecule has 4 rings (SSSR count). The van der Waals surface area contributed by atoms with Crippen LogP contribution in [0.2, 0.25) is 0 Å². The van der Waals surface area contributed by atoms with Gasteiger partial charge in [0.2, 0.25) is 10.0 Å². The molecule has 0 aliphatic rings. The van der Waals surface area contributed by atoms with Gasteiger partial charge in [0.25, 0.3) is 0 Å². The average molecular weight is 457 g/mol. The summed E-state index contributed by atoms with van der Waals surface area (Å²) in [7, 11) is -2.31. The summed E-state index contributed by atoms with van der Waals surface area (Å²) in [5.74, 6) is 0.380. The Labute approximate surface area is 182 Å². The lowest BCUT2D eigenvalue weighted by atomic mass is 10.1. The number of sulfonamides is 1. The molecule has 0 spiro atoms. The van der Waals surface area contributed by atoms with Crippen molar-refractivity contribution in [3.63, 3.8) is 0 Å². The highest BCUT2D eigenvalue weighted by Crippen LogP contribution is 2.33. The normalized spacial score (nSPS) is 12.6. The summed E-state index contributed by atoms with van der Waals surface area (Å²) < 4.78 is 66.6. The number of nitrogens with one attached hydrogen (secondary N) is 2. The lowest BCUT2D eigenvalue weighted by molar-refractivity contribution is -0.137. The molecule has 32 heavy (non-hydrogen) atoms. The molecule has 0 atom stereocenters. The molecule has 3 aromatic carbocycles. The molecule has 0 fully saturated rings. The average Bonchev–Trinajstić information content (AvgIpc) is 3.19. The van der Waals surface area contributed by atoms with Gasteiger partial charge >= 0.3 is 6.18 Å². The molecule has 9 heteroatoms. The molecular weight excluding hydrogens is 439 g/mol. The second kappa shape index (κ2) is 8.25. The fraction of sp³-hybridized carbons (Fsp3) is 0.0870. The number of aromatic amines is 1. The van der Waals surface area contributed by atoms with E-state index in [1.54, 1.807) is 36.4 Å². The van der Waals surface area contributed by atoms with E-state index in [0.717, 1.165) is 6.07 Å². The first-order valence-corrected chi connectivity index (χ1v) is 11.0. The lowest BCUT2D eigenvalue weighted by Gasteiger charge is -2.09. The fourth-order valence-electron chi connectivity index (χ4n) is 3.39. The van der Waals surface area contributed by atoms with Crippen molar-refractivity contribution in [3.05, 3.63) is 83.7 Å². The number of halogens is 3. The zero-order valence-electron chi connectivity index (χ0n) is 16.8. The Bertz CT molecular complexity index is 1420. The third-order valence-electron chi connectivity index (χ3n) is 4.94. The van der Waals surface area contributed by atoms with Gasteiger partial charge in [0.15, 0.2) is 0 Å². The standard InChI is InChI=1S/C23H18F3N3O2S/c1-27-32(30,31)21-9-5-3-7-17(21)16-10-12-19-20(14-16)29-22(28-19)13-11-15-6-2-4-8-18(15)23(24,25)26/h2-14,27H,1H3,(H,28,29)/b13-11+. The summed E-state index contributed by atoms with van der Waals surface area (Å²) in [5, 5.41) is 0. The Balaban J connectivity index is 1.72. The number of rotatable bonds is 5. The summed E-state index contributed by atoms with van der Waals surface area (Å²) in [6.45, 7) is 0. The van der Waals surface area contributed by atoms with Crippen LogP contribution in [-0.2, 0) is 16.2 Å². The van der Waals surface area contributed by atoms with Crippen molar-refractivity contribution in [2.45, 2.75) is 11.1 Å². The van der Waals surface area contributed by atoms with E-state index in [4.69, 9.17) is 0 Å². The SMILES string of the molecule is CNS(=O)(=O)c1ccccc1-c1ccc2nc(/C=C/c3ccccc3C(F)(F)F)[nH]c2c1. The van der Waals surface area contributed by atoms with E-state index < -0.39 is 21.8 Å². The largest absolute Gasteiger partial charge is 0.416 e. The van der Waals surface area contributed by atoms with Crippen molar-refractivity contribution in [2.24, 2.45) is 0 Å². The molecule has 0 saturated carbocycles. The minimum Gasteiger partial charge on any atom is -0.338 e. The van der Waals surface area contributed by atoms with Crippen LogP contribution < -0.4 is 4.72 Å². The molecule has 0 amide bonds. The van der Waals surface area contributed by atoms with Gasteiger partial charge in [0, 0.05) is 5.56 Å². The van der Waals surface area contributed by atoms with Crippen molar-refractivity contribution in [1.82, 2.24) is 14.7 Å². The highest BCUT2D eigenvalue weighted by atomic mass is 32.2. The summed E-state index contributed by atoms with van der Waals surface area (Å²) in [4.78, 5) is 7.59. The molecule has 0 bridgehead atoms. The van der Waals surface area contributed by atoms with Crippen LogP contribution >= 0.6 is 0 Å². The number of nitrogens with zero attached hydrogens (tertiary/aromatic N) is 1. The topological polar surface area (TPSA) is 74.8 Å². The van der Waals surface area contributed by atoms with E-state index in [1.807, 2.05) is 0 Å². The highest BCUT2D eigenvalue weighted by Gasteiger charge is 2.32. The zero-order valence-corrected chi connectivity index (χ0v) is 17.6. The first kappa shape index (κ1) is 21.8. The van der Waals surface area contributed by atoms with E-state index >= 15 is 0 Å². The number of hydrogen-bond donors (Lipinski definition) is 2. The van der Waals surface area contributed by atoms with Gasteiger partial charge in [-0.2, -0.15) is 13.2 Å². The smallest absolute Gasteiger partial charge is 0.338 e. The second-order valence-electron chi connectivity index (χ2n) is 6.98. The van der Waals surface area contributed by atoms with Gasteiger partial charge < -0.3 is 4.98 Å². The van der Waals surface area contributed by atoms with Crippen molar-refractivity contribution in [3.8, 4) is 11.1 Å². The van der Waals surface area contributed by atoms with Gasteiger partial charge in [-0.05, 0) is 48.5 Å². The van der Waals surface area contributed by atoms with E-state index in [0.29, 0.717) is 28.0 Å². The highest BCUT2D eigenvalue weighted by molar-refractivity contribution is 7.89. The van der Waals surface area contributed by atoms with Crippen LogP contribution in [0.25, 0.3) is 34.3 Å². The second-order valence-corrected chi connectivity index (χ2v) is 8.83. The maximum atomic E-state index is 13.2. The molecule has 4 aromatic rings. The fourth-order valence-corrected chi connectivity index (χ4v) is 4.35. The minimum absolute atomic E-state index is 0.0346. The summed E-state index contributed by atoms with van der Waals surface area (Å²) in [5.41, 5.74) is 1.72. The quantitative estimate of drug-likeness (QED) is 0.426. The van der Waals surface area contributed by atoms with Gasteiger partial charge in [-0.1, -0.05) is 48.5 Å². The molecule has 1 heterocycles. The molecule has 0 radical (unpaired) electrons. The van der Waals surface area contributed by atoms with Crippen LogP contribution in [0.1, 0.15) is 17.0 Å². The number of alkyl halides is 3. The molecule has 2 N–H and O–H groups in total. The zero-order chi connectivity index (χ0) is 22.9. The van der Waals surface area contributed by atoms with Crippen molar-refractivity contribution in [1.29, 1.82) is 0 Å². The Hall–Kier alpha value is -3.43. The summed E-state index contributed by atoms with van der Waals surface area (Å²) >= 11 is 0. The third kappa shape index (κ3) is 4.30. The first-order valence-electron chi connectivity index (χ1n) is 9.56. The predicted molar refractivity (Wildman–Crippen MR) is 118 cm³/mol. The van der Waals surface area contributed by atoms with Crippen LogP contribution in [0.5, 0.6) is 0 Å². The Morgan fingerprint density at radius 1 is 0.969 bits per heavy atom.